The lowest BCUT2D eigenvalue weighted by atomic mass is 10.2. The normalized spacial score (nSPS) is 14.3. The first-order valence-corrected chi connectivity index (χ1v) is 7.91. The van der Waals surface area contributed by atoms with Crippen LogP contribution in [0.3, 0.4) is 0 Å². The third kappa shape index (κ3) is 3.18. The molecule has 7 nitrogen and oxygen atoms in total. The molecule has 0 bridgehead atoms. The predicted octanol–water partition coefficient (Wildman–Crippen LogP) is 1.36. The van der Waals surface area contributed by atoms with Gasteiger partial charge in [0.15, 0.2) is 0 Å². The van der Waals surface area contributed by atoms with Crippen molar-refractivity contribution in [3.63, 3.8) is 0 Å². The van der Waals surface area contributed by atoms with Crippen LogP contribution in [-0.4, -0.2) is 38.7 Å². The van der Waals surface area contributed by atoms with E-state index in [-0.39, 0.29) is 5.91 Å². The van der Waals surface area contributed by atoms with Crippen LogP contribution >= 0.6 is 0 Å². The van der Waals surface area contributed by atoms with Crippen molar-refractivity contribution in [3.05, 3.63) is 34.9 Å². The molecule has 7 heteroatoms. The number of rotatable bonds is 4. The number of carbonyl (C=O) groups excluding carboxylic acids is 1. The largest absolute Gasteiger partial charge is 0.346 e. The summed E-state index contributed by atoms with van der Waals surface area (Å²) in [6.45, 7) is 6.13. The molecule has 3 heterocycles. The number of nitrogens with zero attached hydrogens (tertiary/aromatic N) is 5. The van der Waals surface area contributed by atoms with Gasteiger partial charge in [-0.25, -0.2) is 9.97 Å². The van der Waals surface area contributed by atoms with Crippen LogP contribution in [0.4, 0.5) is 5.95 Å². The fourth-order valence-electron chi connectivity index (χ4n) is 2.91. The topological polar surface area (TPSA) is 75.9 Å². The Balaban J connectivity index is 1.68. The molecule has 1 amide bonds. The van der Waals surface area contributed by atoms with Crippen LogP contribution in [0.2, 0.25) is 0 Å². The van der Waals surface area contributed by atoms with Crippen molar-refractivity contribution in [2.24, 2.45) is 7.05 Å². The first-order valence-electron chi connectivity index (χ1n) is 7.91. The molecule has 0 unspecified atom stereocenters. The number of amides is 1. The van der Waals surface area contributed by atoms with Crippen LogP contribution in [0.5, 0.6) is 0 Å². The van der Waals surface area contributed by atoms with Gasteiger partial charge in [-0.15, -0.1) is 0 Å². The fraction of sp³-hybridized carbons (Fsp3) is 0.500. The van der Waals surface area contributed by atoms with Crippen molar-refractivity contribution in [2.75, 3.05) is 18.0 Å². The van der Waals surface area contributed by atoms with Gasteiger partial charge in [-0.05, 0) is 32.8 Å². The molecule has 1 fully saturated rings. The molecule has 0 saturated carbocycles. The van der Waals surface area contributed by atoms with E-state index in [1.807, 2.05) is 27.0 Å². The van der Waals surface area contributed by atoms with Gasteiger partial charge in [-0.1, -0.05) is 0 Å². The first-order chi connectivity index (χ1) is 11.1. The Bertz CT molecular complexity index is 717. The summed E-state index contributed by atoms with van der Waals surface area (Å²) in [5, 5.41) is 7.20. The van der Waals surface area contributed by atoms with Crippen molar-refractivity contribution in [1.29, 1.82) is 0 Å². The molecule has 1 saturated heterocycles. The third-order valence-electron chi connectivity index (χ3n) is 4.26. The van der Waals surface area contributed by atoms with Crippen LogP contribution in [-0.2, 0) is 13.6 Å². The minimum atomic E-state index is -0.116. The Hall–Kier alpha value is -2.44. The van der Waals surface area contributed by atoms with E-state index in [1.54, 1.807) is 10.9 Å². The van der Waals surface area contributed by atoms with E-state index < -0.39 is 0 Å². The van der Waals surface area contributed by atoms with E-state index in [1.165, 1.54) is 12.8 Å². The van der Waals surface area contributed by atoms with Gasteiger partial charge in [0.25, 0.3) is 5.91 Å². The van der Waals surface area contributed by atoms with Crippen LogP contribution in [0.15, 0.2) is 12.3 Å². The second kappa shape index (κ2) is 6.36. The van der Waals surface area contributed by atoms with Gasteiger partial charge in [0.2, 0.25) is 5.95 Å². The molecule has 1 aliphatic heterocycles. The molecule has 2 aromatic rings. The molecule has 0 radical (unpaired) electrons. The van der Waals surface area contributed by atoms with E-state index >= 15 is 0 Å². The molecule has 0 aliphatic carbocycles. The Labute approximate surface area is 135 Å². The number of hydrogen-bond donors (Lipinski definition) is 1. The highest BCUT2D eigenvalue weighted by Crippen LogP contribution is 2.15. The Morgan fingerprint density at radius 1 is 1.30 bits per heavy atom. The van der Waals surface area contributed by atoms with E-state index in [0.717, 1.165) is 36.1 Å². The Morgan fingerprint density at radius 3 is 2.70 bits per heavy atom. The minimum Gasteiger partial charge on any atom is -0.346 e. The van der Waals surface area contributed by atoms with Gasteiger partial charge in [0.05, 0.1) is 23.5 Å². The van der Waals surface area contributed by atoms with Crippen molar-refractivity contribution in [1.82, 2.24) is 25.1 Å². The number of anilines is 1. The summed E-state index contributed by atoms with van der Waals surface area (Å²) in [7, 11) is 1.84. The molecule has 23 heavy (non-hydrogen) atoms. The Kier molecular flexibility index (Phi) is 4.27. The monoisotopic (exact) mass is 314 g/mol. The number of nitrogens with one attached hydrogen (secondary N) is 1. The summed E-state index contributed by atoms with van der Waals surface area (Å²) in [5.74, 6) is 0.637. The van der Waals surface area contributed by atoms with Gasteiger partial charge < -0.3 is 10.2 Å². The fourth-order valence-corrected chi connectivity index (χ4v) is 2.91. The Morgan fingerprint density at radius 2 is 2.04 bits per heavy atom. The highest BCUT2D eigenvalue weighted by atomic mass is 16.1. The SMILES string of the molecule is Cc1nn(C)c(C)c1C(=O)NCc1ccnc(N2CCCC2)n1. The zero-order chi connectivity index (χ0) is 16.4. The van der Waals surface area contributed by atoms with Gasteiger partial charge >= 0.3 is 0 Å². The van der Waals surface area contributed by atoms with E-state index in [0.29, 0.717) is 12.1 Å². The molecule has 1 aliphatic rings. The maximum Gasteiger partial charge on any atom is 0.255 e. The molecule has 0 aromatic carbocycles. The maximum atomic E-state index is 12.4. The summed E-state index contributed by atoms with van der Waals surface area (Å²) in [6, 6.07) is 1.84. The van der Waals surface area contributed by atoms with Crippen molar-refractivity contribution >= 4 is 11.9 Å². The van der Waals surface area contributed by atoms with Crippen molar-refractivity contribution in [2.45, 2.75) is 33.2 Å². The molecule has 3 rings (SSSR count). The second-order valence-corrected chi connectivity index (χ2v) is 5.89. The second-order valence-electron chi connectivity index (χ2n) is 5.89. The number of carbonyl (C=O) groups is 1. The van der Waals surface area contributed by atoms with Crippen LogP contribution in [0, 0.1) is 13.8 Å². The first kappa shape index (κ1) is 15.5. The molecule has 2 aromatic heterocycles. The standard InChI is InChI=1S/C16H22N6O/c1-11-14(12(2)21(3)20-11)15(23)18-10-13-6-7-17-16(19-13)22-8-4-5-9-22/h6-7H,4-5,8-10H2,1-3H3,(H,18,23). The zero-order valence-electron chi connectivity index (χ0n) is 13.8. The lowest BCUT2D eigenvalue weighted by molar-refractivity contribution is 0.0949. The molecular weight excluding hydrogens is 292 g/mol. The minimum absolute atomic E-state index is 0.116. The summed E-state index contributed by atoms with van der Waals surface area (Å²) in [5.41, 5.74) is 3.05. The number of aromatic nitrogens is 4. The van der Waals surface area contributed by atoms with Gasteiger partial charge in [-0.3, -0.25) is 9.48 Å². The van der Waals surface area contributed by atoms with Gasteiger partial charge in [0, 0.05) is 32.0 Å². The molecule has 0 atom stereocenters. The van der Waals surface area contributed by atoms with E-state index in [9.17, 15) is 4.79 Å². The third-order valence-corrected chi connectivity index (χ3v) is 4.26. The summed E-state index contributed by atoms with van der Waals surface area (Å²) < 4.78 is 1.72. The quantitative estimate of drug-likeness (QED) is 0.922. The summed E-state index contributed by atoms with van der Waals surface area (Å²) in [4.78, 5) is 23.5. The summed E-state index contributed by atoms with van der Waals surface area (Å²) >= 11 is 0. The van der Waals surface area contributed by atoms with E-state index in [2.05, 4.69) is 25.3 Å². The molecule has 1 N–H and O–H groups in total. The van der Waals surface area contributed by atoms with Crippen LogP contribution in [0.25, 0.3) is 0 Å². The summed E-state index contributed by atoms with van der Waals surface area (Å²) in [6.07, 6.45) is 4.12. The predicted molar refractivity (Wildman–Crippen MR) is 87.3 cm³/mol. The highest BCUT2D eigenvalue weighted by molar-refractivity contribution is 5.96. The van der Waals surface area contributed by atoms with Gasteiger partial charge in [-0.2, -0.15) is 5.10 Å². The zero-order valence-corrected chi connectivity index (χ0v) is 13.8. The highest BCUT2D eigenvalue weighted by Gasteiger charge is 2.18. The average molecular weight is 314 g/mol. The average Bonchev–Trinajstić information content (AvgIpc) is 3.15. The molecular formula is C16H22N6O. The van der Waals surface area contributed by atoms with Crippen molar-refractivity contribution in [3.8, 4) is 0 Å². The van der Waals surface area contributed by atoms with Gasteiger partial charge in [0.1, 0.15) is 0 Å². The van der Waals surface area contributed by atoms with Crippen molar-refractivity contribution < 1.29 is 4.79 Å². The molecule has 0 spiro atoms. The molecule has 122 valence electrons. The maximum absolute atomic E-state index is 12.4. The van der Waals surface area contributed by atoms with Crippen LogP contribution in [0.1, 0.15) is 40.3 Å². The van der Waals surface area contributed by atoms with Crippen LogP contribution < -0.4 is 10.2 Å². The van der Waals surface area contributed by atoms with E-state index in [4.69, 9.17) is 0 Å². The number of aryl methyl sites for hydroxylation is 2. The smallest absolute Gasteiger partial charge is 0.255 e. The lowest BCUT2D eigenvalue weighted by Gasteiger charge is -2.15. The number of hydrogen-bond acceptors (Lipinski definition) is 5. The lowest BCUT2D eigenvalue weighted by Crippen LogP contribution is -2.26.